The fourth-order valence-corrected chi connectivity index (χ4v) is 8.71. The molecule has 0 spiro atoms. The Morgan fingerprint density at radius 3 is 2.04 bits per heavy atom. The van der Waals surface area contributed by atoms with Gasteiger partial charge in [0.15, 0.2) is 0 Å². The summed E-state index contributed by atoms with van der Waals surface area (Å²) < 4.78 is 0. The highest BCUT2D eigenvalue weighted by molar-refractivity contribution is 6.01. The second-order valence-electron chi connectivity index (χ2n) is 15.4. The van der Waals surface area contributed by atoms with Gasteiger partial charge in [-0.3, -0.25) is 14.6 Å². The quantitative estimate of drug-likeness (QED) is 0.180. The molecule has 2 amide bonds. The number of carbonyl (C=O) groups excluding carboxylic acids is 2. The standard InChI is InChI=1S/C46H45N5O2/c1-28(2)45(52)51-22-8-12-43(51)44-48-38-20-19-36(26-40(38)49-44)34-16-14-31-23-33(15-13-32(31)24-34)35-17-18-37-27-41(47-39(37)25-35)42-11-7-21-50(42)46(53)29(3)30-9-5-4-6-10-30/h4-6,9-10,13-20,23-26,28-29,42-43H,7-8,11-12,21-22,27H2,1-3H3,(H,48,49)/t29-,42+,43+/m1/s1. The largest absolute Gasteiger partial charge is 0.340 e. The second kappa shape index (κ2) is 13.4. The Labute approximate surface area is 310 Å². The number of rotatable bonds is 7. The summed E-state index contributed by atoms with van der Waals surface area (Å²) in [5.41, 5.74) is 10.9. The van der Waals surface area contributed by atoms with Crippen molar-refractivity contribution in [1.82, 2.24) is 19.8 Å². The first-order valence-corrected chi connectivity index (χ1v) is 19.2. The number of nitrogens with one attached hydrogen (secondary N) is 1. The lowest BCUT2D eigenvalue weighted by Gasteiger charge is -2.28. The molecule has 2 saturated heterocycles. The van der Waals surface area contributed by atoms with Crippen LogP contribution in [0.15, 0.2) is 108 Å². The van der Waals surface area contributed by atoms with Gasteiger partial charge in [-0.25, -0.2) is 4.98 Å². The van der Waals surface area contributed by atoms with Crippen molar-refractivity contribution in [1.29, 1.82) is 0 Å². The van der Waals surface area contributed by atoms with Crippen molar-refractivity contribution in [2.24, 2.45) is 10.9 Å². The zero-order valence-corrected chi connectivity index (χ0v) is 30.7. The topological polar surface area (TPSA) is 81.7 Å². The lowest BCUT2D eigenvalue weighted by Crippen LogP contribution is -2.42. The maximum absolute atomic E-state index is 13.6. The number of likely N-dealkylation sites (tertiary alicyclic amines) is 2. The van der Waals surface area contributed by atoms with Gasteiger partial charge in [0.2, 0.25) is 11.8 Å². The van der Waals surface area contributed by atoms with Gasteiger partial charge in [-0.2, -0.15) is 0 Å². The van der Waals surface area contributed by atoms with E-state index in [1.807, 2.05) is 56.0 Å². The Morgan fingerprint density at radius 1 is 0.698 bits per heavy atom. The van der Waals surface area contributed by atoms with Crippen LogP contribution in [-0.4, -0.2) is 56.4 Å². The second-order valence-corrected chi connectivity index (χ2v) is 15.4. The van der Waals surface area contributed by atoms with Crippen molar-refractivity contribution in [2.45, 2.75) is 70.9 Å². The molecule has 7 heteroatoms. The highest BCUT2D eigenvalue weighted by atomic mass is 16.2. The third-order valence-electron chi connectivity index (χ3n) is 11.7. The summed E-state index contributed by atoms with van der Waals surface area (Å²) >= 11 is 0. The van der Waals surface area contributed by atoms with Crippen molar-refractivity contribution in [2.75, 3.05) is 13.1 Å². The number of aromatic amines is 1. The van der Waals surface area contributed by atoms with Crippen molar-refractivity contribution < 1.29 is 9.59 Å². The van der Waals surface area contributed by atoms with Crippen LogP contribution < -0.4 is 0 Å². The van der Waals surface area contributed by atoms with Crippen LogP contribution in [0.4, 0.5) is 5.69 Å². The van der Waals surface area contributed by atoms with Crippen molar-refractivity contribution >= 4 is 45.0 Å². The first-order valence-electron chi connectivity index (χ1n) is 19.2. The molecule has 3 aliphatic rings. The molecule has 0 saturated carbocycles. The highest BCUT2D eigenvalue weighted by Crippen LogP contribution is 2.38. The van der Waals surface area contributed by atoms with Gasteiger partial charge in [0.1, 0.15) is 5.82 Å². The van der Waals surface area contributed by atoms with Crippen LogP contribution in [0.1, 0.15) is 75.4 Å². The normalized spacial score (nSPS) is 19.0. The zero-order chi connectivity index (χ0) is 36.2. The van der Waals surface area contributed by atoms with Crippen LogP contribution in [-0.2, 0) is 16.0 Å². The smallest absolute Gasteiger partial charge is 0.230 e. The number of fused-ring (bicyclic) bond motifs is 3. The Morgan fingerprint density at radius 2 is 1.32 bits per heavy atom. The average Bonchev–Trinajstić information content (AvgIpc) is 4.02. The predicted molar refractivity (Wildman–Crippen MR) is 213 cm³/mol. The number of nitrogens with zero attached hydrogens (tertiary/aromatic N) is 4. The maximum atomic E-state index is 13.6. The van der Waals surface area contributed by atoms with Gasteiger partial charge in [-0.15, -0.1) is 0 Å². The van der Waals surface area contributed by atoms with Crippen LogP contribution in [0.2, 0.25) is 0 Å². The molecule has 3 atom stereocenters. The molecular formula is C46H45N5O2. The molecule has 7 nitrogen and oxygen atoms in total. The Balaban J connectivity index is 0.932. The highest BCUT2D eigenvalue weighted by Gasteiger charge is 2.37. The first-order chi connectivity index (χ1) is 25.8. The van der Waals surface area contributed by atoms with E-state index < -0.39 is 0 Å². The summed E-state index contributed by atoms with van der Waals surface area (Å²) in [6, 6.07) is 36.5. The number of H-pyrrole nitrogens is 1. The molecular weight excluding hydrogens is 655 g/mol. The van der Waals surface area contributed by atoms with Gasteiger partial charge in [0, 0.05) is 31.1 Å². The molecule has 1 aromatic heterocycles. The van der Waals surface area contributed by atoms with Crippen LogP contribution in [0, 0.1) is 5.92 Å². The summed E-state index contributed by atoms with van der Waals surface area (Å²) in [4.78, 5) is 44.2. The monoisotopic (exact) mass is 699 g/mol. The van der Waals surface area contributed by atoms with Crippen molar-refractivity contribution in [3.05, 3.63) is 120 Å². The lowest BCUT2D eigenvalue weighted by molar-refractivity contribution is -0.135. The summed E-state index contributed by atoms with van der Waals surface area (Å²) in [5, 5.41) is 2.37. The van der Waals surface area contributed by atoms with Gasteiger partial charge in [0.25, 0.3) is 0 Å². The van der Waals surface area contributed by atoms with Crippen molar-refractivity contribution in [3.63, 3.8) is 0 Å². The predicted octanol–water partition coefficient (Wildman–Crippen LogP) is 9.79. The molecule has 0 bridgehead atoms. The number of aliphatic imine (C=N–C) groups is 1. The molecule has 53 heavy (non-hydrogen) atoms. The molecule has 1 N–H and O–H groups in total. The SMILES string of the molecule is CC(C)C(=O)N1CCC[C@H]1c1nc2ccc(-c3ccc4cc(-c5ccc6c(c5)N=C([C@@H]5CCCN5C(=O)[C@H](C)c5ccccc5)C6)ccc4c3)cc2[nH]1. The van der Waals surface area contributed by atoms with E-state index in [-0.39, 0.29) is 35.7 Å². The van der Waals surface area contributed by atoms with E-state index in [4.69, 9.17) is 9.98 Å². The summed E-state index contributed by atoms with van der Waals surface area (Å²) in [6.07, 6.45) is 4.72. The lowest BCUT2D eigenvalue weighted by atomic mass is 9.96. The molecule has 2 fully saturated rings. The number of benzene rings is 5. The molecule has 0 radical (unpaired) electrons. The van der Waals surface area contributed by atoms with Crippen LogP contribution in [0.3, 0.4) is 0 Å². The van der Waals surface area contributed by atoms with E-state index in [2.05, 4.69) is 82.7 Å². The number of amides is 2. The fraction of sp³-hybridized carbons (Fsp3) is 0.304. The number of hydrogen-bond acceptors (Lipinski definition) is 4. The maximum Gasteiger partial charge on any atom is 0.230 e. The van der Waals surface area contributed by atoms with E-state index >= 15 is 0 Å². The van der Waals surface area contributed by atoms with E-state index in [1.54, 1.807) is 0 Å². The molecule has 266 valence electrons. The van der Waals surface area contributed by atoms with E-state index in [1.165, 1.54) is 16.3 Å². The Hall–Kier alpha value is -5.56. The minimum atomic E-state index is -0.165. The molecule has 5 aromatic carbocycles. The minimum Gasteiger partial charge on any atom is -0.340 e. The van der Waals surface area contributed by atoms with Crippen LogP contribution in [0.25, 0.3) is 44.1 Å². The molecule has 6 aromatic rings. The molecule has 0 unspecified atom stereocenters. The van der Waals surface area contributed by atoms with Gasteiger partial charge >= 0.3 is 0 Å². The van der Waals surface area contributed by atoms with E-state index in [0.717, 1.165) is 101 Å². The molecule has 9 rings (SSSR count). The minimum absolute atomic E-state index is 0.0116. The number of carbonyl (C=O) groups is 2. The fourth-order valence-electron chi connectivity index (χ4n) is 8.71. The first kappa shape index (κ1) is 33.3. The number of imidazole rings is 1. The van der Waals surface area contributed by atoms with E-state index in [0.29, 0.717) is 0 Å². The van der Waals surface area contributed by atoms with Crippen LogP contribution >= 0.6 is 0 Å². The summed E-state index contributed by atoms with van der Waals surface area (Å²) in [6.45, 7) is 7.54. The van der Waals surface area contributed by atoms with Crippen LogP contribution in [0.5, 0.6) is 0 Å². The van der Waals surface area contributed by atoms with E-state index in [9.17, 15) is 9.59 Å². The third-order valence-corrected chi connectivity index (χ3v) is 11.7. The Bertz CT molecular complexity index is 2410. The molecule has 4 heterocycles. The Kier molecular flexibility index (Phi) is 8.45. The summed E-state index contributed by atoms with van der Waals surface area (Å²) in [5.74, 6) is 1.09. The van der Waals surface area contributed by atoms with Gasteiger partial charge in [-0.1, -0.05) is 86.6 Å². The van der Waals surface area contributed by atoms with Crippen molar-refractivity contribution in [3.8, 4) is 22.3 Å². The van der Waals surface area contributed by atoms with Gasteiger partial charge in [-0.05, 0) is 107 Å². The third kappa shape index (κ3) is 6.12. The number of hydrogen-bond donors (Lipinski definition) is 1. The van der Waals surface area contributed by atoms with Gasteiger partial charge < -0.3 is 14.8 Å². The van der Waals surface area contributed by atoms with Gasteiger partial charge in [0.05, 0.1) is 34.7 Å². The summed E-state index contributed by atoms with van der Waals surface area (Å²) in [7, 11) is 0. The molecule has 0 aliphatic carbocycles. The molecule has 3 aliphatic heterocycles. The zero-order valence-electron chi connectivity index (χ0n) is 30.7. The average molecular weight is 700 g/mol. The number of aromatic nitrogens is 2.